The second-order valence-electron chi connectivity index (χ2n) is 2.82. The van der Waals surface area contributed by atoms with Crippen LogP contribution in [-0.2, 0) is 0 Å². The predicted octanol–water partition coefficient (Wildman–Crippen LogP) is 2.91. The van der Waals surface area contributed by atoms with E-state index >= 15 is 0 Å². The van der Waals surface area contributed by atoms with Crippen molar-refractivity contribution in [2.75, 3.05) is 0 Å². The molecular formula is C10H7NO. The number of aromatic nitrogens is 1. The molecule has 0 radical (unpaired) electrons. The van der Waals surface area contributed by atoms with Crippen LogP contribution in [0.4, 0.5) is 0 Å². The van der Waals surface area contributed by atoms with Crippen molar-refractivity contribution in [1.29, 1.82) is 0 Å². The molecule has 0 unspecified atom stereocenters. The molecule has 2 aromatic heterocycles. The quantitative estimate of drug-likeness (QED) is 0.534. The first-order valence-electron chi connectivity index (χ1n) is 3.90. The first kappa shape index (κ1) is 5.89. The summed E-state index contributed by atoms with van der Waals surface area (Å²) in [6.07, 6.45) is 1.89. The Kier molecular flexibility index (Phi) is 0.939. The van der Waals surface area contributed by atoms with Crippen molar-refractivity contribution in [1.82, 2.24) is 4.98 Å². The lowest BCUT2D eigenvalue weighted by Crippen LogP contribution is -1.63. The van der Waals surface area contributed by atoms with E-state index < -0.39 is 0 Å². The number of H-pyrrole nitrogens is 1. The van der Waals surface area contributed by atoms with Crippen molar-refractivity contribution < 1.29 is 4.42 Å². The van der Waals surface area contributed by atoms with Crippen molar-refractivity contribution in [3.8, 4) is 0 Å². The summed E-state index contributed by atoms with van der Waals surface area (Å²) >= 11 is 0. The van der Waals surface area contributed by atoms with Crippen LogP contribution < -0.4 is 0 Å². The number of benzene rings is 1. The van der Waals surface area contributed by atoms with Gasteiger partial charge in [-0.15, -0.1) is 0 Å². The van der Waals surface area contributed by atoms with E-state index in [0.29, 0.717) is 0 Å². The van der Waals surface area contributed by atoms with Crippen LogP contribution in [0.25, 0.3) is 22.1 Å². The van der Waals surface area contributed by atoms with Gasteiger partial charge in [-0.2, -0.15) is 0 Å². The SMILES string of the molecule is c1ccc2c(c1)oc1cc[nH]c12. The molecule has 0 aliphatic carbocycles. The summed E-state index contributed by atoms with van der Waals surface area (Å²) in [6, 6.07) is 9.96. The van der Waals surface area contributed by atoms with Crippen molar-refractivity contribution in [3.05, 3.63) is 36.5 Å². The molecule has 0 fully saturated rings. The maximum Gasteiger partial charge on any atom is 0.153 e. The Labute approximate surface area is 68.8 Å². The van der Waals surface area contributed by atoms with E-state index in [1.54, 1.807) is 0 Å². The topological polar surface area (TPSA) is 28.9 Å². The van der Waals surface area contributed by atoms with E-state index in [0.717, 1.165) is 22.1 Å². The number of furan rings is 1. The number of nitrogens with one attached hydrogen (secondary N) is 1. The zero-order valence-corrected chi connectivity index (χ0v) is 6.37. The molecule has 0 atom stereocenters. The fourth-order valence-corrected chi connectivity index (χ4v) is 1.53. The highest BCUT2D eigenvalue weighted by Crippen LogP contribution is 2.26. The zero-order chi connectivity index (χ0) is 7.97. The lowest BCUT2D eigenvalue weighted by Gasteiger charge is -1.83. The molecule has 0 aliphatic rings. The molecule has 0 bridgehead atoms. The van der Waals surface area contributed by atoms with E-state index in [1.807, 2.05) is 30.5 Å². The van der Waals surface area contributed by atoms with Gasteiger partial charge in [-0.1, -0.05) is 12.1 Å². The third-order valence-electron chi connectivity index (χ3n) is 2.09. The Morgan fingerprint density at radius 3 is 2.92 bits per heavy atom. The molecule has 3 aromatic rings. The monoisotopic (exact) mass is 157 g/mol. The van der Waals surface area contributed by atoms with Gasteiger partial charge in [0.2, 0.25) is 0 Å². The number of rotatable bonds is 0. The van der Waals surface area contributed by atoms with Crippen molar-refractivity contribution in [2.24, 2.45) is 0 Å². The minimum atomic E-state index is 0.927. The average Bonchev–Trinajstić information content (AvgIpc) is 2.62. The molecule has 0 spiro atoms. The molecule has 2 heterocycles. The Bertz CT molecular complexity index is 532. The Morgan fingerprint density at radius 2 is 1.92 bits per heavy atom. The van der Waals surface area contributed by atoms with Gasteiger partial charge in [-0.25, -0.2) is 0 Å². The molecule has 2 nitrogen and oxygen atoms in total. The second kappa shape index (κ2) is 1.91. The number of hydrogen-bond donors (Lipinski definition) is 1. The standard InChI is InChI=1S/C10H7NO/c1-2-4-8-7(3-1)10-9(12-8)5-6-11-10/h1-6,11H. The highest BCUT2D eigenvalue weighted by molar-refractivity contribution is 6.02. The van der Waals surface area contributed by atoms with Crippen LogP contribution in [0.3, 0.4) is 0 Å². The van der Waals surface area contributed by atoms with E-state index in [1.165, 1.54) is 0 Å². The van der Waals surface area contributed by atoms with Gasteiger partial charge in [0, 0.05) is 11.6 Å². The largest absolute Gasteiger partial charge is 0.454 e. The van der Waals surface area contributed by atoms with E-state index in [2.05, 4.69) is 11.1 Å². The number of para-hydroxylation sites is 1. The number of hydrogen-bond acceptors (Lipinski definition) is 1. The van der Waals surface area contributed by atoms with Gasteiger partial charge in [-0.3, -0.25) is 0 Å². The minimum Gasteiger partial charge on any atom is -0.454 e. The summed E-state index contributed by atoms with van der Waals surface area (Å²) < 4.78 is 5.56. The summed E-state index contributed by atoms with van der Waals surface area (Å²) in [5, 5.41) is 1.15. The molecule has 1 N–H and O–H groups in total. The number of fused-ring (bicyclic) bond motifs is 3. The molecular weight excluding hydrogens is 150 g/mol. The van der Waals surface area contributed by atoms with Crippen LogP contribution in [0.1, 0.15) is 0 Å². The van der Waals surface area contributed by atoms with Crippen molar-refractivity contribution >= 4 is 22.1 Å². The first-order valence-corrected chi connectivity index (χ1v) is 3.90. The molecule has 2 heteroatoms. The minimum absolute atomic E-state index is 0.927. The van der Waals surface area contributed by atoms with Gasteiger partial charge in [0.1, 0.15) is 5.58 Å². The van der Waals surface area contributed by atoms with Gasteiger partial charge in [-0.05, 0) is 18.2 Å². The Balaban J connectivity index is 2.68. The van der Waals surface area contributed by atoms with Crippen LogP contribution in [0, 0.1) is 0 Å². The molecule has 12 heavy (non-hydrogen) atoms. The van der Waals surface area contributed by atoms with E-state index in [9.17, 15) is 0 Å². The molecule has 3 rings (SSSR count). The summed E-state index contributed by atoms with van der Waals surface area (Å²) in [4.78, 5) is 3.15. The maximum absolute atomic E-state index is 5.56. The molecule has 0 saturated heterocycles. The fraction of sp³-hybridized carbons (Fsp3) is 0. The van der Waals surface area contributed by atoms with Gasteiger partial charge in [0.15, 0.2) is 5.58 Å². The number of aromatic amines is 1. The predicted molar refractivity (Wildman–Crippen MR) is 48.1 cm³/mol. The van der Waals surface area contributed by atoms with Crippen LogP contribution in [0.2, 0.25) is 0 Å². The highest BCUT2D eigenvalue weighted by Gasteiger charge is 2.04. The molecule has 0 aliphatic heterocycles. The molecule has 58 valence electrons. The van der Waals surface area contributed by atoms with Gasteiger partial charge < -0.3 is 9.40 Å². The average molecular weight is 157 g/mol. The van der Waals surface area contributed by atoms with Crippen LogP contribution in [0.5, 0.6) is 0 Å². The zero-order valence-electron chi connectivity index (χ0n) is 6.37. The summed E-state index contributed by atoms with van der Waals surface area (Å²) in [5.41, 5.74) is 2.96. The lowest BCUT2D eigenvalue weighted by atomic mass is 10.2. The summed E-state index contributed by atoms with van der Waals surface area (Å²) in [6.45, 7) is 0. The molecule has 0 amide bonds. The van der Waals surface area contributed by atoms with E-state index in [4.69, 9.17) is 4.42 Å². The van der Waals surface area contributed by atoms with Gasteiger partial charge in [0.25, 0.3) is 0 Å². The summed E-state index contributed by atoms with van der Waals surface area (Å²) in [5.74, 6) is 0. The summed E-state index contributed by atoms with van der Waals surface area (Å²) in [7, 11) is 0. The lowest BCUT2D eigenvalue weighted by molar-refractivity contribution is 0.669. The van der Waals surface area contributed by atoms with E-state index in [-0.39, 0.29) is 0 Å². The fourth-order valence-electron chi connectivity index (χ4n) is 1.53. The highest BCUT2D eigenvalue weighted by atomic mass is 16.3. The molecule has 0 saturated carbocycles. The van der Waals surface area contributed by atoms with Gasteiger partial charge in [0.05, 0.1) is 5.52 Å². The second-order valence-corrected chi connectivity index (χ2v) is 2.82. The first-order chi connectivity index (χ1) is 5.95. The Morgan fingerprint density at radius 1 is 1.00 bits per heavy atom. The van der Waals surface area contributed by atoms with Crippen LogP contribution in [-0.4, -0.2) is 4.98 Å². The molecule has 1 aromatic carbocycles. The third-order valence-corrected chi connectivity index (χ3v) is 2.09. The maximum atomic E-state index is 5.56. The smallest absolute Gasteiger partial charge is 0.153 e. The van der Waals surface area contributed by atoms with Crippen molar-refractivity contribution in [2.45, 2.75) is 0 Å². The van der Waals surface area contributed by atoms with Crippen LogP contribution in [0.15, 0.2) is 40.9 Å². The third kappa shape index (κ3) is 0.593. The Hall–Kier alpha value is -1.70. The van der Waals surface area contributed by atoms with Gasteiger partial charge >= 0.3 is 0 Å². The van der Waals surface area contributed by atoms with Crippen molar-refractivity contribution in [3.63, 3.8) is 0 Å². The normalized spacial score (nSPS) is 11.3. The van der Waals surface area contributed by atoms with Crippen LogP contribution >= 0.6 is 0 Å².